The van der Waals surface area contributed by atoms with Gasteiger partial charge in [0, 0.05) is 11.1 Å². The van der Waals surface area contributed by atoms with Crippen LogP contribution in [0.2, 0.25) is 0 Å². The highest BCUT2D eigenvalue weighted by Gasteiger charge is 2.15. The van der Waals surface area contributed by atoms with E-state index in [0.717, 1.165) is 11.1 Å². The minimum Gasteiger partial charge on any atom is -0.497 e. The molecule has 1 amide bonds. The number of carbonyl (C=O) groups is 2. The van der Waals surface area contributed by atoms with Crippen molar-refractivity contribution in [3.05, 3.63) is 65.5 Å². The molecule has 2 aromatic carbocycles. The van der Waals surface area contributed by atoms with Crippen LogP contribution in [0.5, 0.6) is 5.75 Å². The molecule has 0 atom stereocenters. The Morgan fingerprint density at radius 3 is 2.32 bits per heavy atom. The molecule has 1 heterocycles. The first-order valence-electron chi connectivity index (χ1n) is 9.77. The lowest BCUT2D eigenvalue weighted by atomic mass is 9.87. The number of hydrogen-bond donors (Lipinski definition) is 1. The van der Waals surface area contributed by atoms with E-state index in [1.807, 2.05) is 12.1 Å². The van der Waals surface area contributed by atoms with Gasteiger partial charge in [-0.1, -0.05) is 38.1 Å². The maximum Gasteiger partial charge on any atom is 0.325 e. The maximum atomic E-state index is 12.2. The Bertz CT molecular complexity index is 1030. The van der Waals surface area contributed by atoms with E-state index in [0.29, 0.717) is 17.1 Å². The predicted molar refractivity (Wildman–Crippen MR) is 114 cm³/mol. The number of benzene rings is 2. The zero-order valence-electron chi connectivity index (χ0n) is 18.0. The summed E-state index contributed by atoms with van der Waals surface area (Å²) in [4.78, 5) is 28.4. The normalized spacial score (nSPS) is 11.1. The van der Waals surface area contributed by atoms with Crippen molar-refractivity contribution < 1.29 is 23.6 Å². The van der Waals surface area contributed by atoms with Crippen molar-refractivity contribution in [2.75, 3.05) is 13.7 Å². The fraction of sp³-hybridized carbons (Fsp3) is 0.304. The van der Waals surface area contributed by atoms with Gasteiger partial charge in [-0.3, -0.25) is 9.59 Å². The molecule has 1 N–H and O–H groups in total. The molecular formula is C23H25N3O5. The average Bonchev–Trinajstić information content (AvgIpc) is 3.24. The molecule has 162 valence electrons. The first-order chi connectivity index (χ1) is 14.8. The van der Waals surface area contributed by atoms with E-state index < -0.39 is 5.97 Å². The van der Waals surface area contributed by atoms with Crippen LogP contribution in [-0.4, -0.2) is 35.7 Å². The highest BCUT2D eigenvalue weighted by Crippen LogP contribution is 2.22. The second-order valence-corrected chi connectivity index (χ2v) is 7.91. The number of amides is 1. The number of nitrogens with zero attached hydrogens (tertiary/aromatic N) is 2. The molecule has 0 bridgehead atoms. The zero-order valence-corrected chi connectivity index (χ0v) is 18.0. The lowest BCUT2D eigenvalue weighted by Crippen LogP contribution is -2.30. The van der Waals surface area contributed by atoms with Crippen LogP contribution in [0.25, 0.3) is 11.4 Å². The van der Waals surface area contributed by atoms with Gasteiger partial charge in [-0.2, -0.15) is 4.98 Å². The Hall–Kier alpha value is -3.68. The highest BCUT2D eigenvalue weighted by atomic mass is 16.6. The van der Waals surface area contributed by atoms with Crippen LogP contribution in [0.3, 0.4) is 0 Å². The van der Waals surface area contributed by atoms with Crippen LogP contribution >= 0.6 is 0 Å². The molecule has 3 rings (SSSR count). The number of aromatic nitrogens is 2. The van der Waals surface area contributed by atoms with Crippen LogP contribution < -0.4 is 10.1 Å². The largest absolute Gasteiger partial charge is 0.497 e. The third-order valence-corrected chi connectivity index (χ3v) is 4.58. The lowest BCUT2D eigenvalue weighted by Gasteiger charge is -2.19. The van der Waals surface area contributed by atoms with E-state index in [2.05, 4.69) is 36.2 Å². The van der Waals surface area contributed by atoms with E-state index in [4.69, 9.17) is 14.0 Å². The fourth-order valence-electron chi connectivity index (χ4n) is 2.74. The van der Waals surface area contributed by atoms with Crippen LogP contribution in [0.1, 0.15) is 42.6 Å². The van der Waals surface area contributed by atoms with Gasteiger partial charge in [0.05, 0.1) is 7.11 Å². The summed E-state index contributed by atoms with van der Waals surface area (Å²) in [5.74, 6) is 0.290. The average molecular weight is 423 g/mol. The molecule has 0 saturated carbocycles. The summed E-state index contributed by atoms with van der Waals surface area (Å²) in [5.41, 5.74) is 2.34. The van der Waals surface area contributed by atoms with Crippen LogP contribution in [0.4, 0.5) is 0 Å². The van der Waals surface area contributed by atoms with Gasteiger partial charge < -0.3 is 19.3 Å². The molecule has 0 aliphatic carbocycles. The van der Waals surface area contributed by atoms with Crippen molar-refractivity contribution in [3.8, 4) is 17.1 Å². The standard InChI is InChI=1S/C23H25N3O5/c1-23(2,3)17-9-5-16(6-10-17)22(28)24-13-20(27)30-14-19-25-21(26-31-19)15-7-11-18(29-4)12-8-15/h5-12H,13-14H2,1-4H3,(H,24,28). The Kier molecular flexibility index (Phi) is 6.69. The molecule has 3 aromatic rings. The maximum absolute atomic E-state index is 12.2. The summed E-state index contributed by atoms with van der Waals surface area (Å²) in [6.07, 6.45) is 0. The van der Waals surface area contributed by atoms with Gasteiger partial charge in [0.25, 0.3) is 11.8 Å². The van der Waals surface area contributed by atoms with Crippen molar-refractivity contribution in [3.63, 3.8) is 0 Å². The summed E-state index contributed by atoms with van der Waals surface area (Å²) in [6, 6.07) is 14.4. The van der Waals surface area contributed by atoms with Gasteiger partial charge in [-0.15, -0.1) is 0 Å². The number of nitrogens with one attached hydrogen (secondary N) is 1. The van der Waals surface area contributed by atoms with E-state index in [-0.39, 0.29) is 30.4 Å². The van der Waals surface area contributed by atoms with E-state index in [9.17, 15) is 9.59 Å². The van der Waals surface area contributed by atoms with Crippen molar-refractivity contribution in [2.45, 2.75) is 32.8 Å². The smallest absolute Gasteiger partial charge is 0.325 e. The minimum atomic E-state index is -0.608. The molecule has 8 heteroatoms. The summed E-state index contributed by atoms with van der Waals surface area (Å²) in [5, 5.41) is 6.41. The first-order valence-corrected chi connectivity index (χ1v) is 9.77. The quantitative estimate of drug-likeness (QED) is 0.580. The monoisotopic (exact) mass is 423 g/mol. The third kappa shape index (κ3) is 5.91. The molecule has 8 nitrogen and oxygen atoms in total. The van der Waals surface area contributed by atoms with Gasteiger partial charge in [-0.25, -0.2) is 0 Å². The summed E-state index contributed by atoms with van der Waals surface area (Å²) >= 11 is 0. The molecule has 1 aromatic heterocycles. The lowest BCUT2D eigenvalue weighted by molar-refractivity contribution is -0.144. The summed E-state index contributed by atoms with van der Waals surface area (Å²) in [6.45, 7) is 5.85. The Labute approximate surface area is 180 Å². The molecule has 31 heavy (non-hydrogen) atoms. The van der Waals surface area contributed by atoms with Crippen molar-refractivity contribution >= 4 is 11.9 Å². The van der Waals surface area contributed by atoms with Crippen molar-refractivity contribution in [1.82, 2.24) is 15.5 Å². The molecule has 0 saturated heterocycles. The van der Waals surface area contributed by atoms with Gasteiger partial charge in [0.1, 0.15) is 12.3 Å². The number of methoxy groups -OCH3 is 1. The molecule has 0 aliphatic rings. The molecule has 0 aliphatic heterocycles. The second kappa shape index (κ2) is 9.42. The molecule has 0 spiro atoms. The topological polar surface area (TPSA) is 104 Å². The van der Waals surface area contributed by atoms with E-state index in [1.54, 1.807) is 43.5 Å². The predicted octanol–water partition coefficient (Wildman–Crippen LogP) is 3.52. The SMILES string of the molecule is COc1ccc(-c2noc(COC(=O)CNC(=O)c3ccc(C(C)(C)C)cc3)n2)cc1. The van der Waals surface area contributed by atoms with Gasteiger partial charge in [0.2, 0.25) is 5.82 Å². The van der Waals surface area contributed by atoms with Gasteiger partial charge in [0.15, 0.2) is 6.61 Å². The number of rotatable bonds is 7. The number of hydrogen-bond acceptors (Lipinski definition) is 7. The fourth-order valence-corrected chi connectivity index (χ4v) is 2.74. The van der Waals surface area contributed by atoms with Gasteiger partial charge >= 0.3 is 5.97 Å². The summed E-state index contributed by atoms with van der Waals surface area (Å²) < 4.78 is 15.3. The van der Waals surface area contributed by atoms with Gasteiger partial charge in [-0.05, 0) is 47.4 Å². The zero-order chi connectivity index (χ0) is 22.4. The molecule has 0 unspecified atom stereocenters. The van der Waals surface area contributed by atoms with Crippen LogP contribution in [0, 0.1) is 0 Å². The second-order valence-electron chi connectivity index (χ2n) is 7.91. The first kappa shape index (κ1) is 22.0. The number of ether oxygens (including phenoxy) is 2. The Morgan fingerprint density at radius 2 is 1.71 bits per heavy atom. The van der Waals surface area contributed by atoms with E-state index >= 15 is 0 Å². The van der Waals surface area contributed by atoms with Crippen LogP contribution in [-0.2, 0) is 21.6 Å². The molecular weight excluding hydrogens is 398 g/mol. The van der Waals surface area contributed by atoms with Crippen LogP contribution in [0.15, 0.2) is 53.1 Å². The number of esters is 1. The van der Waals surface area contributed by atoms with E-state index in [1.165, 1.54) is 0 Å². The summed E-state index contributed by atoms with van der Waals surface area (Å²) in [7, 11) is 1.58. The molecule has 0 fully saturated rings. The number of carbonyl (C=O) groups excluding carboxylic acids is 2. The third-order valence-electron chi connectivity index (χ3n) is 4.58. The van der Waals surface area contributed by atoms with Crippen molar-refractivity contribution in [1.29, 1.82) is 0 Å². The van der Waals surface area contributed by atoms with Crippen molar-refractivity contribution in [2.24, 2.45) is 0 Å². The Morgan fingerprint density at radius 1 is 1.03 bits per heavy atom. The minimum absolute atomic E-state index is 0.000791. The highest BCUT2D eigenvalue weighted by molar-refractivity contribution is 5.95. The Balaban J connectivity index is 1.47. The molecule has 0 radical (unpaired) electrons.